The molecular formula is C15H9N3O5. The number of non-ortho nitro benzene ring substituents is 2. The highest BCUT2D eigenvalue weighted by atomic mass is 16.6. The largest absolute Gasteiger partial charge is 0.356 e. The molecule has 0 N–H and O–H groups in total. The number of nitro groups is 2. The SMILES string of the molecule is O=[N+]([O-])c1ccc(-c2cc(-c3cccc([N+](=O)[O-])c3)no2)cc1. The van der Waals surface area contributed by atoms with Gasteiger partial charge in [-0.15, -0.1) is 0 Å². The zero-order valence-electron chi connectivity index (χ0n) is 11.6. The van der Waals surface area contributed by atoms with Crippen molar-refractivity contribution < 1.29 is 14.4 Å². The van der Waals surface area contributed by atoms with E-state index in [1.54, 1.807) is 30.3 Å². The molecule has 8 heteroatoms. The predicted molar refractivity (Wildman–Crippen MR) is 80.7 cm³/mol. The first-order valence-corrected chi connectivity index (χ1v) is 6.51. The molecule has 0 amide bonds. The number of nitrogens with zero attached hydrogens (tertiary/aromatic N) is 3. The van der Waals surface area contributed by atoms with Gasteiger partial charge in [0.15, 0.2) is 5.76 Å². The first kappa shape index (κ1) is 14.4. The first-order valence-electron chi connectivity index (χ1n) is 6.51. The van der Waals surface area contributed by atoms with Crippen LogP contribution in [0.2, 0.25) is 0 Å². The van der Waals surface area contributed by atoms with Crippen molar-refractivity contribution in [1.29, 1.82) is 0 Å². The van der Waals surface area contributed by atoms with Gasteiger partial charge in [0.2, 0.25) is 0 Å². The Balaban J connectivity index is 1.92. The lowest BCUT2D eigenvalue weighted by Gasteiger charge is -1.95. The van der Waals surface area contributed by atoms with E-state index in [0.717, 1.165) is 0 Å². The Kier molecular flexibility index (Phi) is 3.55. The third kappa shape index (κ3) is 2.91. The van der Waals surface area contributed by atoms with E-state index in [1.807, 2.05) is 0 Å². The van der Waals surface area contributed by atoms with Gasteiger partial charge in [0.25, 0.3) is 11.4 Å². The lowest BCUT2D eigenvalue weighted by atomic mass is 10.1. The Morgan fingerprint density at radius 2 is 1.52 bits per heavy atom. The van der Waals surface area contributed by atoms with Gasteiger partial charge in [0.1, 0.15) is 5.69 Å². The van der Waals surface area contributed by atoms with E-state index >= 15 is 0 Å². The monoisotopic (exact) mass is 311 g/mol. The Morgan fingerprint density at radius 3 is 2.17 bits per heavy atom. The molecule has 1 heterocycles. The Morgan fingerprint density at radius 1 is 0.826 bits per heavy atom. The van der Waals surface area contributed by atoms with Crippen molar-refractivity contribution in [2.75, 3.05) is 0 Å². The summed E-state index contributed by atoms with van der Waals surface area (Å²) < 4.78 is 5.22. The summed E-state index contributed by atoms with van der Waals surface area (Å²) in [5.74, 6) is 0.418. The minimum absolute atomic E-state index is 0.0211. The Bertz CT molecular complexity index is 886. The smallest absolute Gasteiger partial charge is 0.270 e. The van der Waals surface area contributed by atoms with Crippen molar-refractivity contribution in [3.63, 3.8) is 0 Å². The van der Waals surface area contributed by atoms with Crippen LogP contribution in [0.4, 0.5) is 11.4 Å². The summed E-state index contributed by atoms with van der Waals surface area (Å²) in [5, 5.41) is 25.3. The first-order chi connectivity index (χ1) is 11.0. The molecule has 0 unspecified atom stereocenters. The molecule has 23 heavy (non-hydrogen) atoms. The van der Waals surface area contributed by atoms with Gasteiger partial charge < -0.3 is 4.52 Å². The van der Waals surface area contributed by atoms with Crippen LogP contribution in [0, 0.1) is 20.2 Å². The van der Waals surface area contributed by atoms with Gasteiger partial charge in [0.05, 0.1) is 9.85 Å². The normalized spacial score (nSPS) is 10.4. The van der Waals surface area contributed by atoms with Gasteiger partial charge in [-0.25, -0.2) is 0 Å². The maximum atomic E-state index is 10.8. The minimum Gasteiger partial charge on any atom is -0.356 e. The molecule has 8 nitrogen and oxygen atoms in total. The molecular weight excluding hydrogens is 302 g/mol. The fourth-order valence-electron chi connectivity index (χ4n) is 2.07. The van der Waals surface area contributed by atoms with Crippen LogP contribution in [0.3, 0.4) is 0 Å². The Labute approximate surface area is 129 Å². The third-order valence-electron chi connectivity index (χ3n) is 3.23. The lowest BCUT2D eigenvalue weighted by molar-refractivity contribution is -0.385. The highest BCUT2D eigenvalue weighted by Gasteiger charge is 2.13. The van der Waals surface area contributed by atoms with Crippen LogP contribution in [-0.4, -0.2) is 15.0 Å². The zero-order valence-corrected chi connectivity index (χ0v) is 11.6. The summed E-state index contributed by atoms with van der Waals surface area (Å²) in [5.41, 5.74) is 1.56. The van der Waals surface area contributed by atoms with Gasteiger partial charge in [0, 0.05) is 41.5 Å². The molecule has 0 spiro atoms. The van der Waals surface area contributed by atoms with Crippen LogP contribution in [0.1, 0.15) is 0 Å². The summed E-state index contributed by atoms with van der Waals surface area (Å²) in [7, 11) is 0. The molecule has 0 atom stereocenters. The second-order valence-corrected chi connectivity index (χ2v) is 4.69. The maximum Gasteiger partial charge on any atom is 0.270 e. The average Bonchev–Trinajstić information content (AvgIpc) is 3.05. The topological polar surface area (TPSA) is 112 Å². The van der Waals surface area contributed by atoms with Crippen molar-refractivity contribution >= 4 is 11.4 Å². The van der Waals surface area contributed by atoms with Crippen LogP contribution < -0.4 is 0 Å². The summed E-state index contributed by atoms with van der Waals surface area (Å²) >= 11 is 0. The van der Waals surface area contributed by atoms with E-state index < -0.39 is 9.85 Å². The molecule has 0 aliphatic carbocycles. The number of hydrogen-bond donors (Lipinski definition) is 0. The second kappa shape index (κ2) is 5.68. The highest BCUT2D eigenvalue weighted by molar-refractivity contribution is 5.68. The molecule has 0 saturated carbocycles. The van der Waals surface area contributed by atoms with Gasteiger partial charge >= 0.3 is 0 Å². The molecule has 0 bridgehead atoms. The number of hydrogen-bond acceptors (Lipinski definition) is 6. The van der Waals surface area contributed by atoms with E-state index in [4.69, 9.17) is 4.52 Å². The van der Waals surface area contributed by atoms with Crippen LogP contribution in [0.25, 0.3) is 22.6 Å². The van der Waals surface area contributed by atoms with Crippen molar-refractivity contribution in [3.8, 4) is 22.6 Å². The van der Waals surface area contributed by atoms with Gasteiger partial charge in [-0.05, 0) is 12.1 Å². The van der Waals surface area contributed by atoms with Crippen molar-refractivity contribution in [3.05, 3.63) is 74.8 Å². The van der Waals surface area contributed by atoms with E-state index in [-0.39, 0.29) is 11.4 Å². The van der Waals surface area contributed by atoms with Crippen LogP contribution in [-0.2, 0) is 0 Å². The summed E-state index contributed by atoms with van der Waals surface area (Å²) in [6.07, 6.45) is 0. The molecule has 0 aliphatic rings. The molecule has 2 aromatic carbocycles. The molecule has 114 valence electrons. The maximum absolute atomic E-state index is 10.8. The van der Waals surface area contributed by atoms with Gasteiger partial charge in [-0.1, -0.05) is 17.3 Å². The summed E-state index contributed by atoms with van der Waals surface area (Å²) in [4.78, 5) is 20.5. The lowest BCUT2D eigenvalue weighted by Crippen LogP contribution is -1.87. The number of benzene rings is 2. The van der Waals surface area contributed by atoms with E-state index in [2.05, 4.69) is 5.16 Å². The van der Waals surface area contributed by atoms with E-state index in [1.165, 1.54) is 24.3 Å². The fourth-order valence-corrected chi connectivity index (χ4v) is 2.07. The average molecular weight is 311 g/mol. The standard InChI is InChI=1S/C15H9N3O5/c19-17(20)12-6-4-10(5-7-12)15-9-14(16-23-15)11-2-1-3-13(8-11)18(21)22/h1-9H. The van der Waals surface area contributed by atoms with Crippen LogP contribution in [0.5, 0.6) is 0 Å². The van der Waals surface area contributed by atoms with Crippen LogP contribution >= 0.6 is 0 Å². The molecule has 0 saturated heterocycles. The quantitative estimate of drug-likeness (QED) is 0.534. The second-order valence-electron chi connectivity index (χ2n) is 4.69. The number of nitro benzene ring substituents is 2. The van der Waals surface area contributed by atoms with Crippen molar-refractivity contribution in [2.45, 2.75) is 0 Å². The summed E-state index contributed by atoms with van der Waals surface area (Å²) in [6, 6.07) is 13.5. The summed E-state index contributed by atoms with van der Waals surface area (Å²) in [6.45, 7) is 0. The highest BCUT2D eigenvalue weighted by Crippen LogP contribution is 2.28. The third-order valence-corrected chi connectivity index (χ3v) is 3.23. The molecule has 0 radical (unpaired) electrons. The number of rotatable bonds is 4. The fraction of sp³-hybridized carbons (Fsp3) is 0. The Hall–Kier alpha value is -3.55. The van der Waals surface area contributed by atoms with Gasteiger partial charge in [-0.3, -0.25) is 20.2 Å². The minimum atomic E-state index is -0.487. The zero-order chi connectivity index (χ0) is 16.4. The van der Waals surface area contributed by atoms with Gasteiger partial charge in [-0.2, -0.15) is 0 Å². The molecule has 3 rings (SSSR count). The molecule has 0 aliphatic heterocycles. The molecule has 0 fully saturated rings. The van der Waals surface area contributed by atoms with Crippen molar-refractivity contribution in [2.24, 2.45) is 0 Å². The van der Waals surface area contributed by atoms with E-state index in [9.17, 15) is 20.2 Å². The van der Waals surface area contributed by atoms with E-state index in [0.29, 0.717) is 22.6 Å². The van der Waals surface area contributed by atoms with Crippen LogP contribution in [0.15, 0.2) is 59.1 Å². The van der Waals surface area contributed by atoms with Crippen molar-refractivity contribution in [1.82, 2.24) is 5.16 Å². The molecule has 3 aromatic rings. The molecule has 1 aromatic heterocycles. The number of aromatic nitrogens is 1. The predicted octanol–water partition coefficient (Wildman–Crippen LogP) is 3.83.